The van der Waals surface area contributed by atoms with E-state index in [1.54, 1.807) is 0 Å². The first kappa shape index (κ1) is 14.1. The normalized spacial score (nSPS) is 14.0. The largest absolute Gasteiger partial charge is 0.459 e. The highest BCUT2D eigenvalue weighted by atomic mass is 16.3. The zero-order chi connectivity index (χ0) is 14.2. The van der Waals surface area contributed by atoms with E-state index >= 15 is 0 Å². The predicted molar refractivity (Wildman–Crippen MR) is 81.5 cm³/mol. The number of furan rings is 1. The van der Waals surface area contributed by atoms with Crippen molar-refractivity contribution in [1.29, 1.82) is 0 Å². The Morgan fingerprint density at radius 1 is 1.26 bits per heavy atom. The van der Waals surface area contributed by atoms with E-state index in [9.17, 15) is 0 Å². The fourth-order valence-electron chi connectivity index (χ4n) is 2.50. The minimum Gasteiger partial charge on any atom is -0.459 e. The van der Waals surface area contributed by atoms with Crippen LogP contribution in [0.4, 0.5) is 0 Å². The van der Waals surface area contributed by atoms with Gasteiger partial charge in [0.25, 0.3) is 0 Å². The van der Waals surface area contributed by atoms with Crippen molar-refractivity contribution >= 4 is 11.0 Å². The van der Waals surface area contributed by atoms with Gasteiger partial charge in [0.2, 0.25) is 0 Å². The minimum absolute atomic E-state index is 0.00428. The average molecular weight is 259 g/mol. The van der Waals surface area contributed by atoms with Crippen LogP contribution in [-0.2, 0) is 5.41 Å². The summed E-state index contributed by atoms with van der Waals surface area (Å²) in [5, 5.41) is 1.20. The van der Waals surface area contributed by atoms with E-state index in [1.165, 1.54) is 16.5 Å². The third kappa shape index (κ3) is 2.69. The van der Waals surface area contributed by atoms with E-state index in [0.717, 1.165) is 24.2 Å². The maximum atomic E-state index is 6.18. The molecule has 0 spiro atoms. The molecule has 0 bridgehead atoms. The molecule has 1 atom stereocenters. The third-order valence-corrected chi connectivity index (χ3v) is 3.69. The van der Waals surface area contributed by atoms with Crippen LogP contribution in [0.25, 0.3) is 11.0 Å². The summed E-state index contributed by atoms with van der Waals surface area (Å²) in [4.78, 5) is 0. The van der Waals surface area contributed by atoms with Crippen molar-refractivity contribution in [2.45, 2.75) is 58.9 Å². The standard InChI is InChI=1S/C17H25NO/c1-6-7-14(18)15-10-12-11(2)8-9-13(16(12)19-15)17(3,4)5/h8-10,14H,6-7,18H2,1-5H3. The van der Waals surface area contributed by atoms with Crippen LogP contribution in [-0.4, -0.2) is 0 Å². The van der Waals surface area contributed by atoms with E-state index in [1.807, 2.05) is 0 Å². The SMILES string of the molecule is CCCC(N)c1cc2c(C)ccc(C(C)(C)C)c2o1. The molecule has 2 aromatic rings. The smallest absolute Gasteiger partial charge is 0.138 e. The molecule has 0 fully saturated rings. The number of aryl methyl sites for hydroxylation is 1. The molecule has 19 heavy (non-hydrogen) atoms. The molecule has 0 amide bonds. The highest BCUT2D eigenvalue weighted by Crippen LogP contribution is 2.35. The first-order chi connectivity index (χ1) is 8.84. The van der Waals surface area contributed by atoms with Gasteiger partial charge in [-0.15, -0.1) is 0 Å². The number of rotatable bonds is 3. The van der Waals surface area contributed by atoms with Gasteiger partial charge in [0.15, 0.2) is 0 Å². The molecule has 2 nitrogen and oxygen atoms in total. The molecule has 1 aromatic carbocycles. The van der Waals surface area contributed by atoms with Crippen molar-refractivity contribution in [3.63, 3.8) is 0 Å². The van der Waals surface area contributed by atoms with Crippen molar-refractivity contribution < 1.29 is 4.42 Å². The van der Waals surface area contributed by atoms with Gasteiger partial charge in [0.1, 0.15) is 11.3 Å². The second kappa shape index (κ2) is 5.01. The summed E-state index contributed by atoms with van der Waals surface area (Å²) in [6, 6.07) is 6.48. The van der Waals surface area contributed by atoms with Gasteiger partial charge in [-0.3, -0.25) is 0 Å². The Morgan fingerprint density at radius 2 is 1.95 bits per heavy atom. The molecular formula is C17H25NO. The molecule has 0 aliphatic heterocycles. The Labute approximate surface area is 116 Å². The minimum atomic E-state index is 0.00428. The number of fused-ring (bicyclic) bond motifs is 1. The Hall–Kier alpha value is -1.28. The van der Waals surface area contributed by atoms with Crippen LogP contribution in [0.15, 0.2) is 22.6 Å². The molecular weight excluding hydrogens is 234 g/mol. The van der Waals surface area contributed by atoms with Crippen LogP contribution in [0.3, 0.4) is 0 Å². The predicted octanol–water partition coefficient (Wildman–Crippen LogP) is 4.84. The molecule has 1 unspecified atom stereocenters. The van der Waals surface area contributed by atoms with E-state index in [2.05, 4.69) is 52.8 Å². The maximum Gasteiger partial charge on any atom is 0.138 e. The molecule has 0 aliphatic rings. The lowest BCUT2D eigenvalue weighted by atomic mass is 9.85. The molecule has 2 heteroatoms. The number of hydrogen-bond donors (Lipinski definition) is 1. The lowest BCUT2D eigenvalue weighted by Gasteiger charge is -2.19. The maximum absolute atomic E-state index is 6.18. The van der Waals surface area contributed by atoms with Crippen LogP contribution in [0.1, 0.15) is 63.5 Å². The molecule has 2 N–H and O–H groups in total. The Balaban J connectivity index is 2.60. The van der Waals surface area contributed by atoms with Crippen molar-refractivity contribution in [3.05, 3.63) is 35.1 Å². The molecule has 1 aromatic heterocycles. The van der Waals surface area contributed by atoms with E-state index in [4.69, 9.17) is 10.2 Å². The zero-order valence-electron chi connectivity index (χ0n) is 12.7. The first-order valence-electron chi connectivity index (χ1n) is 7.13. The van der Waals surface area contributed by atoms with Crippen molar-refractivity contribution in [1.82, 2.24) is 0 Å². The fourth-order valence-corrected chi connectivity index (χ4v) is 2.50. The lowest BCUT2D eigenvalue weighted by molar-refractivity contribution is 0.467. The Morgan fingerprint density at radius 3 is 2.53 bits per heavy atom. The lowest BCUT2D eigenvalue weighted by Crippen LogP contribution is -2.11. The fraction of sp³-hybridized carbons (Fsp3) is 0.529. The highest BCUT2D eigenvalue weighted by Gasteiger charge is 2.21. The van der Waals surface area contributed by atoms with Gasteiger partial charge in [0, 0.05) is 10.9 Å². The molecule has 0 saturated heterocycles. The first-order valence-corrected chi connectivity index (χ1v) is 7.13. The van der Waals surface area contributed by atoms with Gasteiger partial charge in [-0.25, -0.2) is 0 Å². The molecule has 2 rings (SSSR count). The quantitative estimate of drug-likeness (QED) is 0.856. The van der Waals surface area contributed by atoms with Crippen LogP contribution in [0.5, 0.6) is 0 Å². The van der Waals surface area contributed by atoms with E-state index in [-0.39, 0.29) is 11.5 Å². The average Bonchev–Trinajstić information content (AvgIpc) is 2.73. The topological polar surface area (TPSA) is 39.2 Å². The van der Waals surface area contributed by atoms with Gasteiger partial charge in [-0.2, -0.15) is 0 Å². The summed E-state index contributed by atoms with van der Waals surface area (Å²) < 4.78 is 6.10. The molecule has 1 heterocycles. The Bertz CT molecular complexity index is 575. The van der Waals surface area contributed by atoms with Gasteiger partial charge in [0.05, 0.1) is 6.04 Å². The van der Waals surface area contributed by atoms with E-state index < -0.39 is 0 Å². The van der Waals surface area contributed by atoms with Gasteiger partial charge in [-0.1, -0.05) is 46.2 Å². The number of hydrogen-bond acceptors (Lipinski definition) is 2. The summed E-state index contributed by atoms with van der Waals surface area (Å²) in [7, 11) is 0. The molecule has 0 radical (unpaired) electrons. The number of benzene rings is 1. The third-order valence-electron chi connectivity index (χ3n) is 3.69. The van der Waals surface area contributed by atoms with Gasteiger partial charge >= 0.3 is 0 Å². The van der Waals surface area contributed by atoms with Crippen LogP contribution in [0, 0.1) is 6.92 Å². The summed E-state index contributed by atoms with van der Waals surface area (Å²) in [6.45, 7) is 10.9. The second-order valence-corrected chi connectivity index (χ2v) is 6.47. The van der Waals surface area contributed by atoms with Crippen LogP contribution < -0.4 is 5.73 Å². The van der Waals surface area contributed by atoms with E-state index in [0.29, 0.717) is 0 Å². The highest BCUT2D eigenvalue weighted by molar-refractivity contribution is 5.85. The summed E-state index contributed by atoms with van der Waals surface area (Å²) in [5.41, 5.74) is 9.78. The molecule has 0 saturated carbocycles. The molecule has 104 valence electrons. The van der Waals surface area contributed by atoms with Gasteiger partial charge < -0.3 is 10.2 Å². The molecule has 0 aliphatic carbocycles. The van der Waals surface area contributed by atoms with Crippen molar-refractivity contribution in [3.8, 4) is 0 Å². The second-order valence-electron chi connectivity index (χ2n) is 6.47. The van der Waals surface area contributed by atoms with Crippen LogP contribution in [0.2, 0.25) is 0 Å². The van der Waals surface area contributed by atoms with Crippen molar-refractivity contribution in [2.24, 2.45) is 5.73 Å². The summed E-state index contributed by atoms with van der Waals surface area (Å²) in [6.07, 6.45) is 2.03. The van der Waals surface area contributed by atoms with Crippen LogP contribution >= 0.6 is 0 Å². The summed E-state index contributed by atoms with van der Waals surface area (Å²) in [5.74, 6) is 0.914. The van der Waals surface area contributed by atoms with Gasteiger partial charge in [-0.05, 0) is 30.4 Å². The summed E-state index contributed by atoms with van der Waals surface area (Å²) >= 11 is 0. The Kier molecular flexibility index (Phi) is 3.73. The number of nitrogens with two attached hydrogens (primary N) is 1. The zero-order valence-corrected chi connectivity index (χ0v) is 12.7. The monoisotopic (exact) mass is 259 g/mol. The van der Waals surface area contributed by atoms with Crippen molar-refractivity contribution in [2.75, 3.05) is 0 Å².